The first-order valence-corrected chi connectivity index (χ1v) is 8.58. The Morgan fingerprint density at radius 3 is 2.59 bits per heavy atom. The van der Waals surface area contributed by atoms with E-state index in [1.165, 1.54) is 31.2 Å². The summed E-state index contributed by atoms with van der Waals surface area (Å²) >= 11 is 0. The summed E-state index contributed by atoms with van der Waals surface area (Å²) in [7, 11) is 2.92. The molecular weight excluding hydrogens is 344 g/mol. The summed E-state index contributed by atoms with van der Waals surface area (Å²) in [5, 5.41) is 14.0. The van der Waals surface area contributed by atoms with Crippen LogP contribution >= 0.6 is 0 Å². The van der Waals surface area contributed by atoms with E-state index in [9.17, 15) is 9.90 Å². The molecule has 0 aliphatic heterocycles. The molecule has 3 aromatic rings. The predicted octanol–water partition coefficient (Wildman–Crippen LogP) is 3.26. The Morgan fingerprint density at radius 1 is 1.19 bits per heavy atom. The zero-order valence-corrected chi connectivity index (χ0v) is 15.3. The number of aromatic amines is 1. The Hall–Kier alpha value is -3.41. The van der Waals surface area contributed by atoms with Gasteiger partial charge in [0.15, 0.2) is 11.5 Å². The molecule has 6 nitrogen and oxygen atoms in total. The van der Waals surface area contributed by atoms with Gasteiger partial charge in [0.2, 0.25) is 11.7 Å². The van der Waals surface area contributed by atoms with Gasteiger partial charge in [0, 0.05) is 29.7 Å². The van der Waals surface area contributed by atoms with E-state index < -0.39 is 0 Å². The summed E-state index contributed by atoms with van der Waals surface area (Å²) in [6, 6.07) is 11.3. The minimum Gasteiger partial charge on any atom is -0.502 e. The molecule has 0 bridgehead atoms. The number of methoxy groups -OCH3 is 2. The molecule has 3 N–H and O–H groups in total. The van der Waals surface area contributed by atoms with Crippen molar-refractivity contribution in [2.75, 3.05) is 20.8 Å². The minimum atomic E-state index is -0.194. The molecule has 0 unspecified atom stereocenters. The van der Waals surface area contributed by atoms with Crippen LogP contribution in [-0.4, -0.2) is 36.8 Å². The Balaban J connectivity index is 1.59. The Labute approximate surface area is 157 Å². The lowest BCUT2D eigenvalue weighted by atomic mass is 10.1. The van der Waals surface area contributed by atoms with Crippen LogP contribution < -0.4 is 14.8 Å². The monoisotopic (exact) mass is 366 g/mol. The van der Waals surface area contributed by atoms with Crippen LogP contribution in [0.5, 0.6) is 17.2 Å². The first kappa shape index (κ1) is 18.4. The van der Waals surface area contributed by atoms with Gasteiger partial charge in [0.25, 0.3) is 0 Å². The van der Waals surface area contributed by atoms with Crippen molar-refractivity contribution in [2.24, 2.45) is 0 Å². The second kappa shape index (κ2) is 8.31. The first-order chi connectivity index (χ1) is 13.1. The topological polar surface area (TPSA) is 83.6 Å². The van der Waals surface area contributed by atoms with Crippen molar-refractivity contribution in [3.8, 4) is 17.2 Å². The summed E-state index contributed by atoms with van der Waals surface area (Å²) < 4.78 is 10.2. The number of carbonyl (C=O) groups is 1. The number of aromatic nitrogens is 1. The number of hydrogen-bond acceptors (Lipinski definition) is 4. The summed E-state index contributed by atoms with van der Waals surface area (Å²) in [5.41, 5.74) is 2.95. The highest BCUT2D eigenvalue weighted by molar-refractivity contribution is 5.92. The van der Waals surface area contributed by atoms with Crippen LogP contribution in [0.4, 0.5) is 0 Å². The molecule has 27 heavy (non-hydrogen) atoms. The third-order valence-corrected chi connectivity index (χ3v) is 4.30. The molecule has 0 saturated heterocycles. The van der Waals surface area contributed by atoms with Gasteiger partial charge in [-0.05, 0) is 41.8 Å². The molecule has 1 amide bonds. The number of phenols is 1. The number of H-pyrrole nitrogens is 1. The van der Waals surface area contributed by atoms with Crippen molar-refractivity contribution in [3.05, 3.63) is 59.8 Å². The number of ether oxygens (including phenoxy) is 2. The zero-order valence-electron chi connectivity index (χ0n) is 15.3. The molecule has 2 aromatic carbocycles. The molecule has 6 heteroatoms. The van der Waals surface area contributed by atoms with E-state index in [2.05, 4.69) is 16.4 Å². The van der Waals surface area contributed by atoms with Crippen LogP contribution in [0.25, 0.3) is 17.0 Å². The average molecular weight is 366 g/mol. The molecule has 140 valence electrons. The number of para-hydroxylation sites is 1. The minimum absolute atomic E-state index is 0.0691. The fourth-order valence-corrected chi connectivity index (χ4v) is 2.90. The van der Waals surface area contributed by atoms with Gasteiger partial charge in [-0.25, -0.2) is 0 Å². The molecule has 0 fully saturated rings. The number of hydrogen-bond donors (Lipinski definition) is 3. The SMILES string of the molecule is COc1cc(/C=C/C(=O)NCCc2c[nH]c3ccccc23)cc(OC)c1O. The van der Waals surface area contributed by atoms with Crippen molar-refractivity contribution in [2.45, 2.75) is 6.42 Å². The van der Waals surface area contributed by atoms with Crippen LogP contribution in [0.2, 0.25) is 0 Å². The Bertz CT molecular complexity index is 950. The van der Waals surface area contributed by atoms with Gasteiger partial charge in [-0.15, -0.1) is 0 Å². The number of carbonyl (C=O) groups excluding carboxylic acids is 1. The average Bonchev–Trinajstić information content (AvgIpc) is 3.10. The number of phenolic OH excluding ortho intramolecular Hbond substituents is 1. The predicted molar refractivity (Wildman–Crippen MR) is 105 cm³/mol. The maximum Gasteiger partial charge on any atom is 0.244 e. The summed E-state index contributed by atoms with van der Waals surface area (Å²) in [4.78, 5) is 15.3. The fourth-order valence-electron chi connectivity index (χ4n) is 2.90. The second-order valence-electron chi connectivity index (χ2n) is 6.01. The van der Waals surface area contributed by atoms with Gasteiger partial charge in [0.05, 0.1) is 14.2 Å². The molecule has 0 radical (unpaired) electrons. The molecule has 3 rings (SSSR count). The maximum atomic E-state index is 12.1. The van der Waals surface area contributed by atoms with Gasteiger partial charge in [-0.2, -0.15) is 0 Å². The van der Waals surface area contributed by atoms with E-state index >= 15 is 0 Å². The van der Waals surface area contributed by atoms with Crippen LogP contribution in [-0.2, 0) is 11.2 Å². The number of nitrogens with one attached hydrogen (secondary N) is 2. The molecule has 1 heterocycles. The van der Waals surface area contributed by atoms with Crippen molar-refractivity contribution in [1.29, 1.82) is 0 Å². The van der Waals surface area contributed by atoms with Gasteiger partial charge >= 0.3 is 0 Å². The van der Waals surface area contributed by atoms with Gasteiger partial charge in [0.1, 0.15) is 0 Å². The van der Waals surface area contributed by atoms with Crippen molar-refractivity contribution < 1.29 is 19.4 Å². The van der Waals surface area contributed by atoms with E-state index in [0.29, 0.717) is 12.1 Å². The smallest absolute Gasteiger partial charge is 0.244 e. The number of benzene rings is 2. The van der Waals surface area contributed by atoms with E-state index in [0.717, 1.165) is 11.9 Å². The Morgan fingerprint density at radius 2 is 1.89 bits per heavy atom. The summed E-state index contributed by atoms with van der Waals surface area (Å²) in [6.07, 6.45) is 5.80. The lowest BCUT2D eigenvalue weighted by Crippen LogP contribution is -2.23. The van der Waals surface area contributed by atoms with Gasteiger partial charge < -0.3 is 24.9 Å². The number of rotatable bonds is 7. The highest BCUT2D eigenvalue weighted by atomic mass is 16.5. The molecule has 1 aromatic heterocycles. The molecule has 0 spiro atoms. The fraction of sp³-hybridized carbons (Fsp3) is 0.190. The van der Waals surface area contributed by atoms with Gasteiger partial charge in [-0.3, -0.25) is 4.79 Å². The summed E-state index contributed by atoms with van der Waals surface area (Å²) in [5.74, 6) is 0.309. The van der Waals surface area contributed by atoms with Crippen molar-refractivity contribution in [1.82, 2.24) is 10.3 Å². The standard InChI is InChI=1S/C21H22N2O4/c1-26-18-11-14(12-19(27-2)21(18)25)7-8-20(24)22-10-9-15-13-23-17-6-4-3-5-16(15)17/h3-8,11-13,23,25H,9-10H2,1-2H3,(H,22,24)/b8-7+. The molecule has 0 saturated carbocycles. The molecule has 0 aliphatic carbocycles. The molecule has 0 atom stereocenters. The van der Waals surface area contributed by atoms with Crippen LogP contribution in [0.15, 0.2) is 48.7 Å². The van der Waals surface area contributed by atoms with Crippen LogP contribution in [0.1, 0.15) is 11.1 Å². The lowest BCUT2D eigenvalue weighted by Gasteiger charge is -2.09. The first-order valence-electron chi connectivity index (χ1n) is 8.58. The normalized spacial score (nSPS) is 11.0. The summed E-state index contributed by atoms with van der Waals surface area (Å²) in [6.45, 7) is 0.535. The highest BCUT2D eigenvalue weighted by Crippen LogP contribution is 2.37. The Kier molecular flexibility index (Phi) is 5.66. The quantitative estimate of drug-likeness (QED) is 0.561. The maximum absolute atomic E-state index is 12.1. The highest BCUT2D eigenvalue weighted by Gasteiger charge is 2.10. The number of amides is 1. The van der Waals surface area contributed by atoms with E-state index in [1.807, 2.05) is 24.4 Å². The third kappa shape index (κ3) is 4.23. The number of fused-ring (bicyclic) bond motifs is 1. The van der Waals surface area contributed by atoms with Gasteiger partial charge in [-0.1, -0.05) is 18.2 Å². The van der Waals surface area contributed by atoms with E-state index in [4.69, 9.17) is 9.47 Å². The molecule has 0 aliphatic rings. The van der Waals surface area contributed by atoms with E-state index in [1.54, 1.807) is 18.2 Å². The lowest BCUT2D eigenvalue weighted by molar-refractivity contribution is -0.116. The van der Waals surface area contributed by atoms with Crippen molar-refractivity contribution >= 4 is 22.9 Å². The number of aromatic hydroxyl groups is 1. The third-order valence-electron chi connectivity index (χ3n) is 4.30. The van der Waals surface area contributed by atoms with Crippen molar-refractivity contribution in [3.63, 3.8) is 0 Å². The largest absolute Gasteiger partial charge is 0.502 e. The van der Waals surface area contributed by atoms with Crippen LogP contribution in [0.3, 0.4) is 0 Å². The second-order valence-corrected chi connectivity index (χ2v) is 6.01. The molecular formula is C21H22N2O4. The zero-order chi connectivity index (χ0) is 19.2. The van der Waals surface area contributed by atoms with Crippen LogP contribution in [0, 0.1) is 0 Å². The van der Waals surface area contributed by atoms with E-state index in [-0.39, 0.29) is 23.2 Å².